The molecule has 2 aromatic carbocycles. The van der Waals surface area contributed by atoms with Gasteiger partial charge in [-0.1, -0.05) is 30.3 Å². The molecular formula is C16H19NO. The Morgan fingerprint density at radius 3 is 2.44 bits per heavy atom. The van der Waals surface area contributed by atoms with Crippen molar-refractivity contribution >= 4 is 0 Å². The monoisotopic (exact) mass is 241 g/mol. The Balaban J connectivity index is 2.37. The van der Waals surface area contributed by atoms with Gasteiger partial charge in [-0.05, 0) is 44.0 Å². The van der Waals surface area contributed by atoms with Gasteiger partial charge in [0.2, 0.25) is 0 Å². The molecule has 18 heavy (non-hydrogen) atoms. The number of hydrogen-bond acceptors (Lipinski definition) is 2. The minimum atomic E-state index is -0.0358. The predicted octanol–water partition coefficient (Wildman–Crippen LogP) is 4.12. The first kappa shape index (κ1) is 12.7. The van der Waals surface area contributed by atoms with Gasteiger partial charge in [-0.3, -0.25) is 0 Å². The molecule has 0 saturated carbocycles. The maximum atomic E-state index is 6.00. The summed E-state index contributed by atoms with van der Waals surface area (Å²) < 4.78 is 6.00. The highest BCUT2D eigenvalue weighted by Gasteiger charge is 2.09. The van der Waals surface area contributed by atoms with Gasteiger partial charge in [0.1, 0.15) is 11.5 Å². The number of aryl methyl sites for hydroxylation is 2. The van der Waals surface area contributed by atoms with Gasteiger partial charge in [-0.25, -0.2) is 0 Å². The Kier molecular flexibility index (Phi) is 3.68. The SMILES string of the molecule is Cc1ccc(C)c(Oc2ccccc2[C@@H](C)N)c1. The normalized spacial score (nSPS) is 12.2. The lowest BCUT2D eigenvalue weighted by Crippen LogP contribution is -2.06. The van der Waals surface area contributed by atoms with E-state index in [-0.39, 0.29) is 6.04 Å². The first-order valence-corrected chi connectivity index (χ1v) is 6.17. The molecule has 0 bridgehead atoms. The average molecular weight is 241 g/mol. The first-order valence-electron chi connectivity index (χ1n) is 6.17. The van der Waals surface area contributed by atoms with Crippen LogP contribution in [-0.4, -0.2) is 0 Å². The van der Waals surface area contributed by atoms with Gasteiger partial charge >= 0.3 is 0 Å². The van der Waals surface area contributed by atoms with Crippen LogP contribution in [0, 0.1) is 13.8 Å². The molecule has 0 amide bonds. The number of para-hydroxylation sites is 1. The topological polar surface area (TPSA) is 35.2 Å². The molecule has 1 atom stereocenters. The maximum Gasteiger partial charge on any atom is 0.132 e. The van der Waals surface area contributed by atoms with Crippen LogP contribution in [0.25, 0.3) is 0 Å². The molecule has 2 N–H and O–H groups in total. The van der Waals surface area contributed by atoms with Crippen molar-refractivity contribution < 1.29 is 4.74 Å². The fourth-order valence-electron chi connectivity index (χ4n) is 1.89. The van der Waals surface area contributed by atoms with E-state index in [1.165, 1.54) is 5.56 Å². The summed E-state index contributed by atoms with van der Waals surface area (Å²) in [4.78, 5) is 0. The number of ether oxygens (including phenoxy) is 1. The van der Waals surface area contributed by atoms with E-state index in [0.717, 1.165) is 22.6 Å². The van der Waals surface area contributed by atoms with Gasteiger partial charge in [0.05, 0.1) is 0 Å². The fraction of sp³-hybridized carbons (Fsp3) is 0.250. The van der Waals surface area contributed by atoms with E-state index in [0.29, 0.717) is 0 Å². The quantitative estimate of drug-likeness (QED) is 0.877. The highest BCUT2D eigenvalue weighted by molar-refractivity contribution is 5.43. The van der Waals surface area contributed by atoms with Crippen LogP contribution in [0.2, 0.25) is 0 Å². The Labute approximate surface area is 108 Å². The summed E-state index contributed by atoms with van der Waals surface area (Å²) in [5, 5.41) is 0. The van der Waals surface area contributed by atoms with E-state index in [2.05, 4.69) is 19.1 Å². The molecule has 0 aromatic heterocycles. The third-order valence-electron chi connectivity index (χ3n) is 2.97. The summed E-state index contributed by atoms with van der Waals surface area (Å²) in [6.07, 6.45) is 0. The third kappa shape index (κ3) is 2.71. The highest BCUT2D eigenvalue weighted by Crippen LogP contribution is 2.30. The predicted molar refractivity (Wildman–Crippen MR) is 75.0 cm³/mol. The van der Waals surface area contributed by atoms with Gasteiger partial charge in [0.15, 0.2) is 0 Å². The van der Waals surface area contributed by atoms with Crippen molar-refractivity contribution in [3.8, 4) is 11.5 Å². The van der Waals surface area contributed by atoms with Crippen LogP contribution in [0.15, 0.2) is 42.5 Å². The lowest BCUT2D eigenvalue weighted by molar-refractivity contribution is 0.468. The Hall–Kier alpha value is -1.80. The van der Waals surface area contributed by atoms with Crippen molar-refractivity contribution in [2.24, 2.45) is 5.73 Å². The summed E-state index contributed by atoms with van der Waals surface area (Å²) in [7, 11) is 0. The summed E-state index contributed by atoms with van der Waals surface area (Å²) in [6.45, 7) is 6.07. The minimum absolute atomic E-state index is 0.0358. The lowest BCUT2D eigenvalue weighted by Gasteiger charge is -2.15. The van der Waals surface area contributed by atoms with Crippen LogP contribution in [0.1, 0.15) is 29.7 Å². The van der Waals surface area contributed by atoms with Gasteiger partial charge in [-0.15, -0.1) is 0 Å². The zero-order chi connectivity index (χ0) is 13.1. The van der Waals surface area contributed by atoms with E-state index in [4.69, 9.17) is 10.5 Å². The van der Waals surface area contributed by atoms with Crippen molar-refractivity contribution in [3.63, 3.8) is 0 Å². The lowest BCUT2D eigenvalue weighted by atomic mass is 10.1. The summed E-state index contributed by atoms with van der Waals surface area (Å²) in [5.74, 6) is 1.73. The van der Waals surface area contributed by atoms with Crippen LogP contribution in [0.5, 0.6) is 11.5 Å². The summed E-state index contributed by atoms with van der Waals surface area (Å²) >= 11 is 0. The van der Waals surface area contributed by atoms with E-state index in [1.807, 2.05) is 44.2 Å². The molecule has 0 heterocycles. The zero-order valence-electron chi connectivity index (χ0n) is 11.1. The van der Waals surface area contributed by atoms with Gasteiger partial charge in [0.25, 0.3) is 0 Å². The van der Waals surface area contributed by atoms with Crippen LogP contribution in [0.4, 0.5) is 0 Å². The number of benzene rings is 2. The van der Waals surface area contributed by atoms with E-state index < -0.39 is 0 Å². The summed E-state index contributed by atoms with van der Waals surface area (Å²) in [5.41, 5.74) is 9.30. The first-order chi connectivity index (χ1) is 8.58. The van der Waals surface area contributed by atoms with Crippen LogP contribution >= 0.6 is 0 Å². The van der Waals surface area contributed by atoms with Gasteiger partial charge in [-0.2, -0.15) is 0 Å². The molecule has 0 aliphatic heterocycles. The van der Waals surface area contributed by atoms with Crippen LogP contribution in [-0.2, 0) is 0 Å². The molecule has 94 valence electrons. The van der Waals surface area contributed by atoms with Crippen molar-refractivity contribution in [2.75, 3.05) is 0 Å². The van der Waals surface area contributed by atoms with Crippen molar-refractivity contribution in [1.82, 2.24) is 0 Å². The number of nitrogens with two attached hydrogens (primary N) is 1. The molecule has 0 spiro atoms. The van der Waals surface area contributed by atoms with Crippen molar-refractivity contribution in [3.05, 3.63) is 59.2 Å². The largest absolute Gasteiger partial charge is 0.457 e. The molecule has 0 radical (unpaired) electrons. The number of rotatable bonds is 3. The smallest absolute Gasteiger partial charge is 0.132 e. The second kappa shape index (κ2) is 5.23. The standard InChI is InChI=1S/C16H19NO/c1-11-8-9-12(2)16(10-11)18-15-7-5-4-6-14(15)13(3)17/h4-10,13H,17H2,1-3H3/t13-/m1/s1. The molecule has 0 saturated heterocycles. The molecule has 0 aliphatic carbocycles. The molecule has 2 aromatic rings. The molecule has 2 rings (SSSR count). The molecule has 0 unspecified atom stereocenters. The molecule has 0 aliphatic rings. The molecule has 2 heteroatoms. The Morgan fingerprint density at radius 2 is 1.72 bits per heavy atom. The molecule has 0 fully saturated rings. The second-order valence-electron chi connectivity index (χ2n) is 4.70. The maximum absolute atomic E-state index is 6.00. The van der Waals surface area contributed by atoms with Crippen LogP contribution < -0.4 is 10.5 Å². The Bertz CT molecular complexity index is 547. The van der Waals surface area contributed by atoms with Crippen molar-refractivity contribution in [2.45, 2.75) is 26.8 Å². The highest BCUT2D eigenvalue weighted by atomic mass is 16.5. The van der Waals surface area contributed by atoms with E-state index in [9.17, 15) is 0 Å². The van der Waals surface area contributed by atoms with E-state index in [1.54, 1.807) is 0 Å². The minimum Gasteiger partial charge on any atom is -0.457 e. The second-order valence-corrected chi connectivity index (χ2v) is 4.70. The average Bonchev–Trinajstić information content (AvgIpc) is 2.34. The third-order valence-corrected chi connectivity index (χ3v) is 2.97. The van der Waals surface area contributed by atoms with Gasteiger partial charge in [0, 0.05) is 11.6 Å². The van der Waals surface area contributed by atoms with Crippen LogP contribution in [0.3, 0.4) is 0 Å². The zero-order valence-corrected chi connectivity index (χ0v) is 11.1. The van der Waals surface area contributed by atoms with E-state index >= 15 is 0 Å². The molecule has 2 nitrogen and oxygen atoms in total. The molecular weight excluding hydrogens is 222 g/mol. The number of hydrogen-bond donors (Lipinski definition) is 1. The van der Waals surface area contributed by atoms with Crippen molar-refractivity contribution in [1.29, 1.82) is 0 Å². The Morgan fingerprint density at radius 1 is 1.00 bits per heavy atom. The fourth-order valence-corrected chi connectivity index (χ4v) is 1.89. The summed E-state index contributed by atoms with van der Waals surface area (Å²) in [6, 6.07) is 14.1. The van der Waals surface area contributed by atoms with Gasteiger partial charge < -0.3 is 10.5 Å².